The van der Waals surface area contributed by atoms with Crippen LogP contribution in [0.25, 0.3) is 0 Å². The summed E-state index contributed by atoms with van der Waals surface area (Å²) in [5.74, 6) is -1.60. The third-order valence-electron chi connectivity index (χ3n) is 2.90. The van der Waals surface area contributed by atoms with Crippen LogP contribution in [0.3, 0.4) is 0 Å². The van der Waals surface area contributed by atoms with Crippen molar-refractivity contribution in [3.05, 3.63) is 29.8 Å². The fraction of sp³-hybridized carbons (Fsp3) is 0.500. The summed E-state index contributed by atoms with van der Waals surface area (Å²) in [5, 5.41) is 6.29. The summed E-state index contributed by atoms with van der Waals surface area (Å²) >= 11 is 0. The molecule has 1 saturated heterocycles. The van der Waals surface area contributed by atoms with E-state index in [1.54, 1.807) is 6.07 Å². The molecule has 2 rings (SSSR count). The van der Waals surface area contributed by atoms with Crippen molar-refractivity contribution in [3.63, 3.8) is 0 Å². The van der Waals surface area contributed by atoms with Crippen LogP contribution >= 0.6 is 0 Å². The summed E-state index contributed by atoms with van der Waals surface area (Å²) < 4.78 is 26.2. The normalized spacial score (nSPS) is 20.8. The Morgan fingerprint density at radius 3 is 2.94 bits per heavy atom. The van der Waals surface area contributed by atoms with Crippen molar-refractivity contribution >= 4 is 5.69 Å². The molecule has 0 saturated carbocycles. The second-order valence-corrected chi connectivity index (χ2v) is 4.13. The number of nitrogens with one attached hydrogen (secondary N) is 2. The molecule has 1 heterocycles. The highest BCUT2D eigenvalue weighted by Crippen LogP contribution is 2.17. The molecule has 2 N–H and O–H groups in total. The Bertz CT molecular complexity index is 349. The SMILES string of the molecule is Fc1cccc(NCC2CCCCN2)c1F. The maximum absolute atomic E-state index is 13.3. The molecule has 0 bridgehead atoms. The lowest BCUT2D eigenvalue weighted by atomic mass is 10.1. The van der Waals surface area contributed by atoms with Crippen LogP contribution in [-0.2, 0) is 0 Å². The van der Waals surface area contributed by atoms with Crippen LogP contribution in [0.1, 0.15) is 19.3 Å². The van der Waals surface area contributed by atoms with E-state index in [0.29, 0.717) is 12.6 Å². The average molecular weight is 226 g/mol. The predicted molar refractivity (Wildman–Crippen MR) is 60.5 cm³/mol. The lowest BCUT2D eigenvalue weighted by Crippen LogP contribution is -2.39. The topological polar surface area (TPSA) is 24.1 Å². The van der Waals surface area contributed by atoms with Gasteiger partial charge in [-0.25, -0.2) is 8.78 Å². The van der Waals surface area contributed by atoms with Crippen molar-refractivity contribution in [2.24, 2.45) is 0 Å². The van der Waals surface area contributed by atoms with Gasteiger partial charge in [0.2, 0.25) is 0 Å². The smallest absolute Gasteiger partial charge is 0.181 e. The molecular weight excluding hydrogens is 210 g/mol. The molecule has 0 aliphatic carbocycles. The Hall–Kier alpha value is -1.16. The summed E-state index contributed by atoms with van der Waals surface area (Å²) in [5.41, 5.74) is 0.243. The molecule has 2 nitrogen and oxygen atoms in total. The van der Waals surface area contributed by atoms with E-state index < -0.39 is 11.6 Å². The number of hydrogen-bond donors (Lipinski definition) is 2. The molecule has 0 aromatic heterocycles. The van der Waals surface area contributed by atoms with E-state index >= 15 is 0 Å². The third-order valence-corrected chi connectivity index (χ3v) is 2.90. The molecule has 1 aliphatic rings. The molecule has 0 radical (unpaired) electrons. The van der Waals surface area contributed by atoms with Gasteiger partial charge in [0.25, 0.3) is 0 Å². The lowest BCUT2D eigenvalue weighted by Gasteiger charge is -2.24. The van der Waals surface area contributed by atoms with Crippen LogP contribution in [0.4, 0.5) is 14.5 Å². The van der Waals surface area contributed by atoms with Crippen LogP contribution in [0.15, 0.2) is 18.2 Å². The highest BCUT2D eigenvalue weighted by Gasteiger charge is 2.13. The molecule has 1 fully saturated rings. The first kappa shape index (κ1) is 11.3. The molecule has 0 amide bonds. The molecular formula is C12H16F2N2. The Balaban J connectivity index is 1.91. The second kappa shape index (κ2) is 5.25. The highest BCUT2D eigenvalue weighted by atomic mass is 19.2. The third kappa shape index (κ3) is 2.70. The van der Waals surface area contributed by atoms with E-state index in [9.17, 15) is 8.78 Å². The Morgan fingerprint density at radius 1 is 1.31 bits per heavy atom. The summed E-state index contributed by atoms with van der Waals surface area (Å²) in [6, 6.07) is 4.55. The van der Waals surface area contributed by atoms with Gasteiger partial charge in [-0.15, -0.1) is 0 Å². The minimum absolute atomic E-state index is 0.243. The van der Waals surface area contributed by atoms with Crippen LogP contribution < -0.4 is 10.6 Å². The van der Waals surface area contributed by atoms with Crippen LogP contribution in [-0.4, -0.2) is 19.1 Å². The minimum Gasteiger partial charge on any atom is -0.381 e. The summed E-state index contributed by atoms with van der Waals surface area (Å²) in [4.78, 5) is 0. The van der Waals surface area contributed by atoms with Gasteiger partial charge in [-0.05, 0) is 31.5 Å². The van der Waals surface area contributed by atoms with Gasteiger partial charge >= 0.3 is 0 Å². The first-order valence-electron chi connectivity index (χ1n) is 5.68. The molecule has 88 valence electrons. The monoisotopic (exact) mass is 226 g/mol. The van der Waals surface area contributed by atoms with Gasteiger partial charge in [-0.3, -0.25) is 0 Å². The van der Waals surface area contributed by atoms with Gasteiger partial charge in [-0.1, -0.05) is 12.5 Å². The van der Waals surface area contributed by atoms with E-state index in [2.05, 4.69) is 10.6 Å². The van der Waals surface area contributed by atoms with Crippen LogP contribution in [0, 0.1) is 11.6 Å². The number of halogens is 2. The van der Waals surface area contributed by atoms with Crippen molar-refractivity contribution in [3.8, 4) is 0 Å². The lowest BCUT2D eigenvalue weighted by molar-refractivity contribution is 0.413. The van der Waals surface area contributed by atoms with Crippen molar-refractivity contribution < 1.29 is 8.78 Å². The fourth-order valence-corrected chi connectivity index (χ4v) is 1.97. The van der Waals surface area contributed by atoms with Crippen molar-refractivity contribution in [2.75, 3.05) is 18.4 Å². The molecule has 1 atom stereocenters. The average Bonchev–Trinajstić information content (AvgIpc) is 2.32. The first-order valence-corrected chi connectivity index (χ1v) is 5.68. The zero-order valence-electron chi connectivity index (χ0n) is 9.10. The number of hydrogen-bond acceptors (Lipinski definition) is 2. The summed E-state index contributed by atoms with van der Waals surface area (Å²) in [7, 11) is 0. The van der Waals surface area contributed by atoms with E-state index in [1.807, 2.05) is 0 Å². The zero-order valence-corrected chi connectivity index (χ0v) is 9.10. The predicted octanol–water partition coefficient (Wildman–Crippen LogP) is 2.52. The van der Waals surface area contributed by atoms with Crippen LogP contribution in [0.2, 0.25) is 0 Å². The van der Waals surface area contributed by atoms with Crippen molar-refractivity contribution in [1.29, 1.82) is 0 Å². The second-order valence-electron chi connectivity index (χ2n) is 4.13. The largest absolute Gasteiger partial charge is 0.381 e. The van der Waals surface area contributed by atoms with E-state index in [1.165, 1.54) is 18.9 Å². The zero-order chi connectivity index (χ0) is 11.4. The van der Waals surface area contributed by atoms with E-state index in [0.717, 1.165) is 19.0 Å². The number of anilines is 1. The highest BCUT2D eigenvalue weighted by molar-refractivity contribution is 5.45. The van der Waals surface area contributed by atoms with Crippen molar-refractivity contribution in [2.45, 2.75) is 25.3 Å². The Labute approximate surface area is 94.0 Å². The Kier molecular flexibility index (Phi) is 3.72. The Morgan fingerprint density at radius 2 is 2.19 bits per heavy atom. The summed E-state index contributed by atoms with van der Waals surface area (Å²) in [6.07, 6.45) is 3.49. The minimum atomic E-state index is -0.804. The molecule has 16 heavy (non-hydrogen) atoms. The molecule has 0 spiro atoms. The molecule has 1 unspecified atom stereocenters. The van der Waals surface area contributed by atoms with E-state index in [4.69, 9.17) is 0 Å². The van der Waals surface area contributed by atoms with Crippen molar-refractivity contribution in [1.82, 2.24) is 5.32 Å². The standard InChI is InChI=1S/C12H16F2N2/c13-10-5-3-6-11(12(10)14)16-8-9-4-1-2-7-15-9/h3,5-6,9,15-16H,1-2,4,7-8H2. The van der Waals surface area contributed by atoms with Gasteiger partial charge in [0.1, 0.15) is 0 Å². The van der Waals surface area contributed by atoms with Gasteiger partial charge in [0, 0.05) is 12.6 Å². The van der Waals surface area contributed by atoms with Gasteiger partial charge in [-0.2, -0.15) is 0 Å². The van der Waals surface area contributed by atoms with Gasteiger partial charge in [0.15, 0.2) is 11.6 Å². The molecule has 1 aromatic rings. The van der Waals surface area contributed by atoms with Gasteiger partial charge in [0.05, 0.1) is 5.69 Å². The number of benzene rings is 1. The fourth-order valence-electron chi connectivity index (χ4n) is 1.97. The molecule has 4 heteroatoms. The molecule has 1 aromatic carbocycles. The molecule has 1 aliphatic heterocycles. The van der Waals surface area contributed by atoms with E-state index in [-0.39, 0.29) is 5.69 Å². The quantitative estimate of drug-likeness (QED) is 0.827. The maximum atomic E-state index is 13.3. The number of rotatable bonds is 3. The van der Waals surface area contributed by atoms with Gasteiger partial charge < -0.3 is 10.6 Å². The first-order chi connectivity index (χ1) is 7.77. The number of piperidine rings is 1. The van der Waals surface area contributed by atoms with Crippen LogP contribution in [0.5, 0.6) is 0 Å². The summed E-state index contributed by atoms with van der Waals surface area (Å²) in [6.45, 7) is 1.65. The maximum Gasteiger partial charge on any atom is 0.181 e.